The van der Waals surface area contributed by atoms with Crippen molar-refractivity contribution in [2.75, 3.05) is 50.7 Å². The number of carbonyl (C=O) groups is 3. The van der Waals surface area contributed by atoms with E-state index in [9.17, 15) is 14.4 Å². The predicted molar refractivity (Wildman–Crippen MR) is 111 cm³/mol. The molecule has 0 aromatic heterocycles. The lowest BCUT2D eigenvalue weighted by Gasteiger charge is -2.36. The van der Waals surface area contributed by atoms with Gasteiger partial charge in [0.2, 0.25) is 11.8 Å². The van der Waals surface area contributed by atoms with Crippen molar-refractivity contribution in [1.82, 2.24) is 15.1 Å². The molecule has 2 aliphatic heterocycles. The standard InChI is InChI=1S/C22H30N4O3/c27-20(25-10-2-1-3-11-25)16-23-21(28)17-6-8-19(9-7-17)24-12-14-26(15-13-24)22(29)18-4-5-18/h6-9,18H,1-5,10-16H2,(H,23,28). The lowest BCUT2D eigenvalue weighted by atomic mass is 10.1. The van der Waals surface area contributed by atoms with Crippen LogP contribution in [-0.4, -0.2) is 73.3 Å². The number of carbonyl (C=O) groups excluding carboxylic acids is 3. The number of rotatable bonds is 5. The van der Waals surface area contributed by atoms with E-state index in [1.54, 1.807) is 12.1 Å². The van der Waals surface area contributed by atoms with E-state index in [2.05, 4.69) is 10.2 Å². The fourth-order valence-electron chi connectivity index (χ4n) is 4.11. The number of benzene rings is 1. The van der Waals surface area contributed by atoms with Gasteiger partial charge in [0.15, 0.2) is 0 Å². The van der Waals surface area contributed by atoms with Crippen molar-refractivity contribution in [3.8, 4) is 0 Å². The van der Waals surface area contributed by atoms with Crippen molar-refractivity contribution >= 4 is 23.4 Å². The highest BCUT2D eigenvalue weighted by atomic mass is 16.2. The second kappa shape index (κ2) is 8.84. The van der Waals surface area contributed by atoms with Gasteiger partial charge in [-0.2, -0.15) is 0 Å². The van der Waals surface area contributed by atoms with E-state index in [1.807, 2.05) is 21.9 Å². The average Bonchev–Trinajstić information content (AvgIpc) is 3.63. The van der Waals surface area contributed by atoms with Gasteiger partial charge in [0.05, 0.1) is 6.54 Å². The molecule has 1 N–H and O–H groups in total. The fraction of sp³-hybridized carbons (Fsp3) is 0.591. The normalized spacial score (nSPS) is 19.8. The maximum atomic E-state index is 12.4. The van der Waals surface area contributed by atoms with Gasteiger partial charge >= 0.3 is 0 Å². The molecule has 4 rings (SSSR count). The summed E-state index contributed by atoms with van der Waals surface area (Å²) in [5.41, 5.74) is 1.62. The van der Waals surface area contributed by atoms with Crippen LogP contribution in [0.1, 0.15) is 42.5 Å². The largest absolute Gasteiger partial charge is 0.368 e. The maximum Gasteiger partial charge on any atom is 0.251 e. The van der Waals surface area contributed by atoms with Gasteiger partial charge in [-0.05, 0) is 56.4 Å². The third kappa shape index (κ3) is 4.89. The summed E-state index contributed by atoms with van der Waals surface area (Å²) in [5, 5.41) is 2.74. The summed E-state index contributed by atoms with van der Waals surface area (Å²) in [5.74, 6) is 0.368. The molecule has 7 nitrogen and oxygen atoms in total. The summed E-state index contributed by atoms with van der Waals surface area (Å²) in [4.78, 5) is 42.8. The quantitative estimate of drug-likeness (QED) is 0.816. The highest BCUT2D eigenvalue weighted by Gasteiger charge is 2.34. The van der Waals surface area contributed by atoms with Gasteiger partial charge in [-0.3, -0.25) is 14.4 Å². The molecule has 1 aromatic carbocycles. The average molecular weight is 399 g/mol. The maximum absolute atomic E-state index is 12.4. The van der Waals surface area contributed by atoms with Crippen molar-refractivity contribution < 1.29 is 14.4 Å². The lowest BCUT2D eigenvalue weighted by molar-refractivity contribution is -0.133. The molecule has 156 valence electrons. The van der Waals surface area contributed by atoms with Crippen molar-refractivity contribution in [3.05, 3.63) is 29.8 Å². The first kappa shape index (κ1) is 19.7. The van der Waals surface area contributed by atoms with Gasteiger partial charge in [-0.15, -0.1) is 0 Å². The van der Waals surface area contributed by atoms with Crippen molar-refractivity contribution in [2.45, 2.75) is 32.1 Å². The smallest absolute Gasteiger partial charge is 0.251 e. The summed E-state index contributed by atoms with van der Waals surface area (Å²) in [6.07, 6.45) is 5.36. The third-order valence-corrected chi connectivity index (χ3v) is 6.12. The van der Waals surface area contributed by atoms with Crippen LogP contribution < -0.4 is 10.2 Å². The Labute approximate surface area is 172 Å². The fourth-order valence-corrected chi connectivity index (χ4v) is 4.11. The van der Waals surface area contributed by atoms with E-state index in [0.717, 1.165) is 70.6 Å². The molecule has 1 aromatic rings. The van der Waals surface area contributed by atoms with Crippen LogP contribution in [-0.2, 0) is 9.59 Å². The first-order valence-corrected chi connectivity index (χ1v) is 10.8. The van der Waals surface area contributed by atoms with Gasteiger partial charge < -0.3 is 20.0 Å². The first-order valence-electron chi connectivity index (χ1n) is 10.8. The van der Waals surface area contributed by atoms with E-state index in [0.29, 0.717) is 11.5 Å². The minimum Gasteiger partial charge on any atom is -0.368 e. The molecule has 0 atom stereocenters. The zero-order valence-electron chi connectivity index (χ0n) is 16.9. The molecule has 3 fully saturated rings. The van der Waals surface area contributed by atoms with Crippen LogP contribution in [0.15, 0.2) is 24.3 Å². The molecule has 2 saturated heterocycles. The Bertz CT molecular complexity index is 746. The summed E-state index contributed by atoms with van der Waals surface area (Å²) < 4.78 is 0. The van der Waals surface area contributed by atoms with Gasteiger partial charge in [0.1, 0.15) is 0 Å². The lowest BCUT2D eigenvalue weighted by Crippen LogP contribution is -2.49. The minimum atomic E-state index is -0.221. The Morgan fingerprint density at radius 3 is 2.10 bits per heavy atom. The number of nitrogens with zero attached hydrogens (tertiary/aromatic N) is 3. The van der Waals surface area contributed by atoms with Crippen LogP contribution in [0, 0.1) is 5.92 Å². The molecule has 7 heteroatoms. The van der Waals surface area contributed by atoms with Gasteiger partial charge in [0, 0.05) is 56.4 Å². The predicted octanol–water partition coefficient (Wildman–Crippen LogP) is 1.49. The Kier molecular flexibility index (Phi) is 6.02. The number of anilines is 1. The van der Waals surface area contributed by atoms with Crippen LogP contribution in [0.2, 0.25) is 0 Å². The molecule has 0 bridgehead atoms. The molecule has 0 radical (unpaired) electrons. The van der Waals surface area contributed by atoms with E-state index < -0.39 is 0 Å². The second-order valence-corrected chi connectivity index (χ2v) is 8.26. The van der Waals surface area contributed by atoms with E-state index in [1.165, 1.54) is 6.42 Å². The number of hydrogen-bond acceptors (Lipinski definition) is 4. The number of nitrogens with one attached hydrogen (secondary N) is 1. The summed E-state index contributed by atoms with van der Waals surface area (Å²) >= 11 is 0. The number of hydrogen-bond donors (Lipinski definition) is 1. The van der Waals surface area contributed by atoms with Crippen molar-refractivity contribution in [1.29, 1.82) is 0 Å². The topological polar surface area (TPSA) is 73.0 Å². The molecule has 2 heterocycles. The van der Waals surface area contributed by atoms with E-state index >= 15 is 0 Å². The molecule has 1 aliphatic carbocycles. The molecule has 3 aliphatic rings. The highest BCUT2D eigenvalue weighted by molar-refractivity contribution is 5.96. The SMILES string of the molecule is O=C(NCC(=O)N1CCCCC1)c1ccc(N2CCN(C(=O)C3CC3)CC2)cc1. The Hall–Kier alpha value is -2.57. The van der Waals surface area contributed by atoms with E-state index in [-0.39, 0.29) is 24.3 Å². The number of amides is 3. The highest BCUT2D eigenvalue weighted by Crippen LogP contribution is 2.31. The Balaban J connectivity index is 1.24. The zero-order chi connectivity index (χ0) is 20.2. The van der Waals surface area contributed by atoms with Crippen LogP contribution in [0.25, 0.3) is 0 Å². The van der Waals surface area contributed by atoms with Gasteiger partial charge in [0.25, 0.3) is 5.91 Å². The van der Waals surface area contributed by atoms with E-state index in [4.69, 9.17) is 0 Å². The van der Waals surface area contributed by atoms with Crippen LogP contribution >= 0.6 is 0 Å². The van der Waals surface area contributed by atoms with Gasteiger partial charge in [-0.1, -0.05) is 0 Å². The number of piperazine rings is 1. The second-order valence-electron chi connectivity index (χ2n) is 8.26. The summed E-state index contributed by atoms with van der Waals surface area (Å²) in [7, 11) is 0. The zero-order valence-corrected chi connectivity index (χ0v) is 16.9. The minimum absolute atomic E-state index is 0.00622. The number of piperidine rings is 1. The van der Waals surface area contributed by atoms with Crippen molar-refractivity contribution in [3.63, 3.8) is 0 Å². The van der Waals surface area contributed by atoms with Crippen LogP contribution in [0.3, 0.4) is 0 Å². The Morgan fingerprint density at radius 1 is 0.828 bits per heavy atom. The molecular weight excluding hydrogens is 368 g/mol. The molecular formula is C22H30N4O3. The summed E-state index contributed by atoms with van der Waals surface area (Å²) in [6, 6.07) is 7.50. The first-order chi connectivity index (χ1) is 14.1. The Morgan fingerprint density at radius 2 is 1.48 bits per heavy atom. The van der Waals surface area contributed by atoms with Crippen molar-refractivity contribution in [2.24, 2.45) is 5.92 Å². The molecule has 29 heavy (non-hydrogen) atoms. The third-order valence-electron chi connectivity index (χ3n) is 6.12. The molecule has 3 amide bonds. The van der Waals surface area contributed by atoms with Crippen LogP contribution in [0.4, 0.5) is 5.69 Å². The molecule has 0 unspecified atom stereocenters. The van der Waals surface area contributed by atoms with Gasteiger partial charge in [-0.25, -0.2) is 0 Å². The number of likely N-dealkylation sites (tertiary alicyclic amines) is 1. The monoisotopic (exact) mass is 398 g/mol. The van der Waals surface area contributed by atoms with Crippen LogP contribution in [0.5, 0.6) is 0 Å². The molecule has 1 saturated carbocycles. The molecule has 0 spiro atoms. The summed E-state index contributed by atoms with van der Waals surface area (Å²) in [6.45, 7) is 4.79.